The lowest BCUT2D eigenvalue weighted by Crippen LogP contribution is -2.03. The first-order chi connectivity index (χ1) is 4.20. The van der Waals surface area contributed by atoms with Crippen LogP contribution >= 0.6 is 22.6 Å². The average molecular weight is 237 g/mol. The van der Waals surface area contributed by atoms with Crippen LogP contribution in [0.3, 0.4) is 0 Å². The van der Waals surface area contributed by atoms with E-state index in [0.29, 0.717) is 0 Å². The molecule has 4 heteroatoms. The summed E-state index contributed by atoms with van der Waals surface area (Å²) in [6.45, 7) is 0. The van der Waals surface area contributed by atoms with Crippen molar-refractivity contribution in [3.05, 3.63) is 26.2 Å². The highest BCUT2D eigenvalue weighted by atomic mass is 127. The van der Waals surface area contributed by atoms with E-state index in [2.05, 4.69) is 4.98 Å². The summed E-state index contributed by atoms with van der Waals surface area (Å²) in [5, 5.41) is 8.75. The lowest BCUT2D eigenvalue weighted by molar-refractivity contribution is 0.466. The molecule has 0 aromatic carbocycles. The summed E-state index contributed by atoms with van der Waals surface area (Å²) in [7, 11) is 0. The van der Waals surface area contributed by atoms with E-state index in [1.54, 1.807) is 0 Å². The molecule has 1 aromatic rings. The Labute approximate surface area is 64.9 Å². The van der Waals surface area contributed by atoms with Crippen LogP contribution in [0.25, 0.3) is 0 Å². The molecule has 1 aromatic heterocycles. The molecule has 0 unspecified atom stereocenters. The van der Waals surface area contributed by atoms with Gasteiger partial charge >= 0.3 is 0 Å². The lowest BCUT2D eigenvalue weighted by Gasteiger charge is -1.88. The molecule has 0 spiro atoms. The van der Waals surface area contributed by atoms with E-state index in [1.165, 1.54) is 12.3 Å². The molecule has 0 amide bonds. The Morgan fingerprint density at radius 2 is 2.33 bits per heavy atom. The van der Waals surface area contributed by atoms with Gasteiger partial charge in [0.15, 0.2) is 5.75 Å². The number of aromatic hydroxyl groups is 1. The SMILES string of the molecule is O=c1[nH]cc(I)cc1O. The summed E-state index contributed by atoms with van der Waals surface area (Å²) >= 11 is 1.99. The van der Waals surface area contributed by atoms with E-state index in [1.807, 2.05) is 22.6 Å². The summed E-state index contributed by atoms with van der Waals surface area (Å²) in [6.07, 6.45) is 1.53. The molecule has 3 nitrogen and oxygen atoms in total. The molecule has 0 aliphatic heterocycles. The van der Waals surface area contributed by atoms with Gasteiger partial charge in [0.1, 0.15) is 0 Å². The largest absolute Gasteiger partial charge is 0.503 e. The second kappa shape index (κ2) is 2.38. The van der Waals surface area contributed by atoms with Crippen molar-refractivity contribution < 1.29 is 5.11 Å². The van der Waals surface area contributed by atoms with Crippen molar-refractivity contribution in [1.29, 1.82) is 0 Å². The highest BCUT2D eigenvalue weighted by Gasteiger charge is 1.93. The van der Waals surface area contributed by atoms with Crippen LogP contribution in [-0.4, -0.2) is 10.1 Å². The van der Waals surface area contributed by atoms with Crippen LogP contribution in [0.5, 0.6) is 5.75 Å². The van der Waals surface area contributed by atoms with Crippen molar-refractivity contribution in [1.82, 2.24) is 4.98 Å². The molecule has 0 atom stereocenters. The zero-order valence-electron chi connectivity index (χ0n) is 4.39. The number of aromatic nitrogens is 1. The topological polar surface area (TPSA) is 53.1 Å². The standard InChI is InChI=1S/C5H4INO2/c6-3-1-4(8)5(9)7-2-3/h1-2,8H,(H,7,9). The van der Waals surface area contributed by atoms with Crippen molar-refractivity contribution in [2.75, 3.05) is 0 Å². The first-order valence-electron chi connectivity index (χ1n) is 2.27. The summed E-state index contributed by atoms with van der Waals surface area (Å²) < 4.78 is 0.810. The summed E-state index contributed by atoms with van der Waals surface area (Å²) in [5.41, 5.74) is -0.449. The third kappa shape index (κ3) is 1.44. The van der Waals surface area contributed by atoms with Gasteiger partial charge in [-0.25, -0.2) is 0 Å². The molecule has 0 aliphatic rings. The number of H-pyrrole nitrogens is 1. The van der Waals surface area contributed by atoms with Gasteiger partial charge in [0.25, 0.3) is 5.56 Å². The number of nitrogens with one attached hydrogen (secondary N) is 1. The third-order valence-corrected chi connectivity index (χ3v) is 1.47. The maximum absolute atomic E-state index is 10.5. The normalized spacial score (nSPS) is 9.44. The van der Waals surface area contributed by atoms with Crippen LogP contribution in [-0.2, 0) is 0 Å². The van der Waals surface area contributed by atoms with Gasteiger partial charge in [-0.05, 0) is 22.6 Å². The van der Waals surface area contributed by atoms with E-state index >= 15 is 0 Å². The van der Waals surface area contributed by atoms with E-state index in [0.717, 1.165) is 3.57 Å². The smallest absolute Gasteiger partial charge is 0.290 e. The number of aromatic amines is 1. The molecule has 0 aliphatic carbocycles. The molecule has 1 rings (SSSR count). The maximum Gasteiger partial charge on any atom is 0.290 e. The number of rotatable bonds is 0. The van der Waals surface area contributed by atoms with E-state index in [4.69, 9.17) is 5.11 Å². The molecule has 0 saturated heterocycles. The van der Waals surface area contributed by atoms with E-state index in [9.17, 15) is 4.79 Å². The number of halogens is 1. The summed E-state index contributed by atoms with van der Waals surface area (Å²) in [5.74, 6) is -0.234. The Kier molecular flexibility index (Phi) is 1.75. The maximum atomic E-state index is 10.5. The van der Waals surface area contributed by atoms with Crippen molar-refractivity contribution in [2.45, 2.75) is 0 Å². The van der Waals surface area contributed by atoms with Crippen molar-refractivity contribution in [3.8, 4) is 5.75 Å². The van der Waals surface area contributed by atoms with Crippen LogP contribution in [0.4, 0.5) is 0 Å². The highest BCUT2D eigenvalue weighted by Crippen LogP contribution is 2.04. The fourth-order valence-corrected chi connectivity index (χ4v) is 0.897. The fraction of sp³-hybridized carbons (Fsp3) is 0. The molecule has 1 heterocycles. The van der Waals surface area contributed by atoms with E-state index in [-0.39, 0.29) is 5.75 Å². The van der Waals surface area contributed by atoms with Gasteiger partial charge in [0.2, 0.25) is 0 Å². The molecular formula is C5H4INO2. The Bertz CT molecular complexity index is 268. The third-order valence-electron chi connectivity index (χ3n) is 0.848. The van der Waals surface area contributed by atoms with Crippen LogP contribution in [0.1, 0.15) is 0 Å². The van der Waals surface area contributed by atoms with Crippen LogP contribution in [0.2, 0.25) is 0 Å². The van der Waals surface area contributed by atoms with Crippen molar-refractivity contribution >= 4 is 22.6 Å². The van der Waals surface area contributed by atoms with Gasteiger partial charge in [0, 0.05) is 15.8 Å². The molecule has 48 valence electrons. The van der Waals surface area contributed by atoms with Crippen LogP contribution < -0.4 is 5.56 Å². The predicted octanol–water partition coefficient (Wildman–Crippen LogP) is 0.685. The quantitative estimate of drug-likeness (QED) is 0.652. The highest BCUT2D eigenvalue weighted by molar-refractivity contribution is 14.1. The van der Waals surface area contributed by atoms with Gasteiger partial charge in [-0.2, -0.15) is 0 Å². The molecule has 0 radical (unpaired) electrons. The molecule has 9 heavy (non-hydrogen) atoms. The van der Waals surface area contributed by atoms with Crippen molar-refractivity contribution in [2.24, 2.45) is 0 Å². The average Bonchev–Trinajstić information content (AvgIpc) is 1.80. The zero-order valence-corrected chi connectivity index (χ0v) is 6.55. The minimum atomic E-state index is -0.449. The van der Waals surface area contributed by atoms with Crippen LogP contribution in [0, 0.1) is 3.57 Å². The zero-order chi connectivity index (χ0) is 6.85. The second-order valence-electron chi connectivity index (χ2n) is 1.53. The van der Waals surface area contributed by atoms with Crippen LogP contribution in [0.15, 0.2) is 17.1 Å². The Morgan fingerprint density at radius 3 is 2.78 bits per heavy atom. The molecule has 0 fully saturated rings. The minimum Gasteiger partial charge on any atom is -0.503 e. The van der Waals surface area contributed by atoms with Crippen molar-refractivity contribution in [3.63, 3.8) is 0 Å². The monoisotopic (exact) mass is 237 g/mol. The Balaban J connectivity index is 3.34. The van der Waals surface area contributed by atoms with Gasteiger partial charge in [0.05, 0.1) is 0 Å². The fourth-order valence-electron chi connectivity index (χ4n) is 0.446. The predicted molar refractivity (Wildman–Crippen MR) is 41.4 cm³/mol. The number of hydrogen-bond acceptors (Lipinski definition) is 2. The first-order valence-corrected chi connectivity index (χ1v) is 3.35. The van der Waals surface area contributed by atoms with Gasteiger partial charge in [-0.15, -0.1) is 0 Å². The first kappa shape index (κ1) is 6.60. The number of pyridine rings is 1. The number of hydrogen-bond donors (Lipinski definition) is 2. The van der Waals surface area contributed by atoms with E-state index < -0.39 is 5.56 Å². The Morgan fingerprint density at radius 1 is 1.67 bits per heavy atom. The summed E-state index contributed by atoms with van der Waals surface area (Å²) in [6, 6.07) is 1.40. The molecule has 0 saturated carbocycles. The van der Waals surface area contributed by atoms with Gasteiger partial charge in [-0.1, -0.05) is 0 Å². The minimum absolute atomic E-state index is 0.234. The molecular weight excluding hydrogens is 233 g/mol. The van der Waals surface area contributed by atoms with Gasteiger partial charge < -0.3 is 10.1 Å². The molecule has 0 bridgehead atoms. The lowest BCUT2D eigenvalue weighted by atomic mass is 10.5. The van der Waals surface area contributed by atoms with Gasteiger partial charge in [-0.3, -0.25) is 4.79 Å². The molecule has 2 N–H and O–H groups in total. The Hall–Kier alpha value is -0.520. The second-order valence-corrected chi connectivity index (χ2v) is 2.78. The summed E-state index contributed by atoms with van der Waals surface area (Å²) in [4.78, 5) is 12.8.